The van der Waals surface area contributed by atoms with Crippen molar-refractivity contribution in [3.63, 3.8) is 0 Å². The van der Waals surface area contributed by atoms with Crippen LogP contribution in [0.1, 0.15) is 5.69 Å². The molecule has 2 heterocycles. The Balaban J connectivity index is 2.22. The van der Waals surface area contributed by atoms with Gasteiger partial charge in [-0.05, 0) is 12.1 Å². The Hall–Kier alpha value is -1.47. The molecule has 17 heavy (non-hydrogen) atoms. The highest BCUT2D eigenvalue weighted by Gasteiger charge is 2.13. The topological polar surface area (TPSA) is 72.0 Å². The van der Waals surface area contributed by atoms with Crippen LogP contribution in [0.3, 0.4) is 0 Å². The van der Waals surface area contributed by atoms with Crippen LogP contribution in [0, 0.1) is 0 Å². The lowest BCUT2D eigenvalue weighted by atomic mass is 10.4. The first-order chi connectivity index (χ1) is 8.07. The molecule has 5 nitrogen and oxygen atoms in total. The van der Waals surface area contributed by atoms with Crippen LogP contribution in [0.4, 0.5) is 5.82 Å². The predicted molar refractivity (Wildman–Crippen MR) is 66.8 cm³/mol. The van der Waals surface area contributed by atoms with Crippen LogP contribution in [0.25, 0.3) is 0 Å². The minimum Gasteiger partial charge on any atom is -0.363 e. The molecule has 0 saturated heterocycles. The number of hydrogen-bond acceptors (Lipinski definition) is 6. The number of pyridine rings is 1. The predicted octanol–water partition coefficient (Wildman–Crippen LogP) is 1.55. The van der Waals surface area contributed by atoms with Crippen LogP contribution in [0.2, 0.25) is 0 Å². The maximum Gasteiger partial charge on any atom is 0.179 e. The van der Waals surface area contributed by atoms with E-state index in [4.69, 9.17) is 0 Å². The Morgan fingerprint density at radius 1 is 1.41 bits per heavy atom. The SMILES string of the molecule is CS(=O)(=O)c1cccnc1NCc1cscn1. The van der Waals surface area contributed by atoms with Gasteiger partial charge in [0, 0.05) is 17.8 Å². The molecule has 2 aromatic heterocycles. The zero-order valence-corrected chi connectivity index (χ0v) is 10.8. The molecule has 90 valence electrons. The second-order valence-electron chi connectivity index (χ2n) is 3.46. The van der Waals surface area contributed by atoms with Gasteiger partial charge in [-0.1, -0.05) is 0 Å². The van der Waals surface area contributed by atoms with Gasteiger partial charge in [0.15, 0.2) is 9.84 Å². The second kappa shape index (κ2) is 4.80. The third-order valence-corrected chi connectivity index (χ3v) is 3.85. The van der Waals surface area contributed by atoms with Crippen molar-refractivity contribution in [2.45, 2.75) is 11.4 Å². The summed E-state index contributed by atoms with van der Waals surface area (Å²) in [6.07, 6.45) is 2.72. The Morgan fingerprint density at radius 3 is 2.88 bits per heavy atom. The van der Waals surface area contributed by atoms with Crippen molar-refractivity contribution in [3.05, 3.63) is 34.9 Å². The number of anilines is 1. The average Bonchev–Trinajstić information content (AvgIpc) is 2.78. The average molecular weight is 269 g/mol. The van der Waals surface area contributed by atoms with E-state index in [1.165, 1.54) is 17.4 Å². The van der Waals surface area contributed by atoms with Crippen molar-refractivity contribution >= 4 is 27.0 Å². The lowest BCUT2D eigenvalue weighted by Crippen LogP contribution is -2.07. The molecule has 0 spiro atoms. The van der Waals surface area contributed by atoms with Crippen molar-refractivity contribution < 1.29 is 8.42 Å². The summed E-state index contributed by atoms with van der Waals surface area (Å²) in [4.78, 5) is 8.34. The Kier molecular flexibility index (Phi) is 3.39. The number of rotatable bonds is 4. The lowest BCUT2D eigenvalue weighted by Gasteiger charge is -2.07. The number of nitrogens with zero attached hydrogens (tertiary/aromatic N) is 2. The van der Waals surface area contributed by atoms with Gasteiger partial charge in [0.2, 0.25) is 0 Å². The number of hydrogen-bond donors (Lipinski definition) is 1. The van der Waals surface area contributed by atoms with Crippen LogP contribution in [0.15, 0.2) is 34.1 Å². The summed E-state index contributed by atoms with van der Waals surface area (Å²) in [5, 5.41) is 4.87. The molecule has 0 radical (unpaired) electrons. The molecule has 0 bridgehead atoms. The third-order valence-electron chi connectivity index (χ3n) is 2.09. The highest BCUT2D eigenvalue weighted by molar-refractivity contribution is 7.90. The number of nitrogens with one attached hydrogen (secondary N) is 1. The van der Waals surface area contributed by atoms with Crippen LogP contribution < -0.4 is 5.32 Å². The fourth-order valence-corrected chi connectivity index (χ4v) is 2.68. The van der Waals surface area contributed by atoms with Crippen molar-refractivity contribution in [2.24, 2.45) is 0 Å². The molecule has 0 atom stereocenters. The van der Waals surface area contributed by atoms with E-state index in [9.17, 15) is 8.42 Å². The Labute approximate surface area is 103 Å². The largest absolute Gasteiger partial charge is 0.363 e. The summed E-state index contributed by atoms with van der Waals surface area (Å²) in [7, 11) is -3.27. The van der Waals surface area contributed by atoms with Gasteiger partial charge in [0.1, 0.15) is 10.7 Å². The minimum atomic E-state index is -3.27. The smallest absolute Gasteiger partial charge is 0.179 e. The monoisotopic (exact) mass is 269 g/mol. The summed E-state index contributed by atoms with van der Waals surface area (Å²) in [6.45, 7) is 0.461. The van der Waals surface area contributed by atoms with Crippen molar-refractivity contribution in [1.29, 1.82) is 0 Å². The van der Waals surface area contributed by atoms with Crippen LogP contribution in [0.5, 0.6) is 0 Å². The molecule has 2 rings (SSSR count). The van der Waals surface area contributed by atoms with Gasteiger partial charge in [0.05, 0.1) is 17.7 Å². The van der Waals surface area contributed by atoms with E-state index in [1.807, 2.05) is 5.38 Å². The van der Waals surface area contributed by atoms with Gasteiger partial charge in [-0.2, -0.15) is 0 Å². The summed E-state index contributed by atoms with van der Waals surface area (Å²) < 4.78 is 23.0. The van der Waals surface area contributed by atoms with Gasteiger partial charge in [-0.15, -0.1) is 11.3 Å². The number of aromatic nitrogens is 2. The minimum absolute atomic E-state index is 0.204. The first-order valence-electron chi connectivity index (χ1n) is 4.83. The van der Waals surface area contributed by atoms with E-state index in [0.29, 0.717) is 12.4 Å². The van der Waals surface area contributed by atoms with E-state index in [0.717, 1.165) is 11.9 Å². The summed E-state index contributed by atoms with van der Waals surface area (Å²) in [5.74, 6) is 0.364. The molecular weight excluding hydrogens is 258 g/mol. The molecule has 0 aliphatic carbocycles. The Morgan fingerprint density at radius 2 is 2.24 bits per heavy atom. The normalized spacial score (nSPS) is 11.4. The van der Waals surface area contributed by atoms with E-state index in [1.54, 1.807) is 17.8 Å². The van der Waals surface area contributed by atoms with E-state index in [2.05, 4.69) is 15.3 Å². The molecule has 0 aromatic carbocycles. The molecule has 0 fully saturated rings. The molecule has 7 heteroatoms. The maximum absolute atomic E-state index is 11.5. The van der Waals surface area contributed by atoms with Crippen molar-refractivity contribution in [2.75, 3.05) is 11.6 Å². The maximum atomic E-state index is 11.5. The van der Waals surface area contributed by atoms with Gasteiger partial charge in [-0.25, -0.2) is 18.4 Å². The quantitative estimate of drug-likeness (QED) is 0.911. The van der Waals surface area contributed by atoms with Crippen LogP contribution >= 0.6 is 11.3 Å². The fourth-order valence-electron chi connectivity index (χ4n) is 1.32. The summed E-state index contributed by atoms with van der Waals surface area (Å²) in [6, 6.07) is 3.14. The molecule has 1 N–H and O–H groups in total. The van der Waals surface area contributed by atoms with E-state index < -0.39 is 9.84 Å². The van der Waals surface area contributed by atoms with Gasteiger partial charge in [-0.3, -0.25) is 0 Å². The highest BCUT2D eigenvalue weighted by atomic mass is 32.2. The summed E-state index contributed by atoms with van der Waals surface area (Å²) >= 11 is 1.49. The third kappa shape index (κ3) is 3.01. The zero-order chi connectivity index (χ0) is 12.3. The molecule has 0 aliphatic heterocycles. The second-order valence-corrected chi connectivity index (χ2v) is 6.16. The van der Waals surface area contributed by atoms with Crippen LogP contribution in [-0.4, -0.2) is 24.6 Å². The molecule has 0 unspecified atom stereocenters. The van der Waals surface area contributed by atoms with Crippen molar-refractivity contribution in [3.8, 4) is 0 Å². The first-order valence-corrected chi connectivity index (χ1v) is 7.67. The lowest BCUT2D eigenvalue weighted by molar-refractivity contribution is 0.601. The molecule has 0 amide bonds. The van der Waals surface area contributed by atoms with Crippen LogP contribution in [-0.2, 0) is 16.4 Å². The Bertz CT molecular complexity index is 594. The molecule has 0 aliphatic rings. The fraction of sp³-hybridized carbons (Fsp3) is 0.200. The van der Waals surface area contributed by atoms with Crippen molar-refractivity contribution in [1.82, 2.24) is 9.97 Å². The van der Waals surface area contributed by atoms with E-state index in [-0.39, 0.29) is 4.90 Å². The molecule has 2 aromatic rings. The molecular formula is C10H11N3O2S2. The number of sulfone groups is 1. The van der Waals surface area contributed by atoms with E-state index >= 15 is 0 Å². The number of thiazole rings is 1. The first kappa shape index (κ1) is 12.0. The van der Waals surface area contributed by atoms with Gasteiger partial charge < -0.3 is 5.32 Å². The summed E-state index contributed by atoms with van der Waals surface area (Å²) in [5.41, 5.74) is 2.59. The van der Waals surface area contributed by atoms with Gasteiger partial charge in [0.25, 0.3) is 0 Å². The standard InChI is InChI=1S/C10H11N3O2S2/c1-17(14,15)9-3-2-4-11-10(9)12-5-8-6-16-7-13-8/h2-4,6-7H,5H2,1H3,(H,11,12). The zero-order valence-electron chi connectivity index (χ0n) is 9.12. The molecule has 0 saturated carbocycles. The highest BCUT2D eigenvalue weighted by Crippen LogP contribution is 2.18. The van der Waals surface area contributed by atoms with Gasteiger partial charge >= 0.3 is 0 Å².